The summed E-state index contributed by atoms with van der Waals surface area (Å²) in [6.07, 6.45) is 3.06. The molecule has 86 valence electrons. The van der Waals surface area contributed by atoms with E-state index in [0.29, 0.717) is 21.2 Å². The Balaban J connectivity index is 2.41. The van der Waals surface area contributed by atoms with Gasteiger partial charge in [-0.1, -0.05) is 17.8 Å². The van der Waals surface area contributed by atoms with Gasteiger partial charge in [0.2, 0.25) is 5.91 Å². The highest BCUT2D eigenvalue weighted by Crippen LogP contribution is 2.33. The number of rotatable bonds is 3. The van der Waals surface area contributed by atoms with Crippen molar-refractivity contribution >= 4 is 23.4 Å². The zero-order chi connectivity index (χ0) is 12.3. The van der Waals surface area contributed by atoms with Crippen LogP contribution in [0.25, 0.3) is 0 Å². The van der Waals surface area contributed by atoms with Crippen LogP contribution in [0.3, 0.4) is 0 Å². The maximum atomic E-state index is 11.3. The van der Waals surface area contributed by atoms with E-state index in [-0.39, 0.29) is 0 Å². The molecule has 0 bridgehead atoms. The molecule has 6 heteroatoms. The number of anilines is 1. The summed E-state index contributed by atoms with van der Waals surface area (Å²) >= 11 is 1.29. The highest BCUT2D eigenvalue weighted by molar-refractivity contribution is 7.99. The largest absolute Gasteiger partial charge is 0.398 e. The van der Waals surface area contributed by atoms with E-state index in [1.54, 1.807) is 30.5 Å². The molecule has 2 aromatic rings. The van der Waals surface area contributed by atoms with Gasteiger partial charge < -0.3 is 11.5 Å². The first-order valence-electron chi connectivity index (χ1n) is 4.80. The maximum Gasteiger partial charge on any atom is 0.249 e. The Labute approximate surface area is 102 Å². The summed E-state index contributed by atoms with van der Waals surface area (Å²) in [5, 5.41) is 0.709. The first-order chi connectivity index (χ1) is 8.18. The fourth-order valence-corrected chi connectivity index (χ4v) is 2.21. The molecule has 1 amide bonds. The predicted octanol–water partition coefficient (Wildman–Crippen LogP) is 1.31. The van der Waals surface area contributed by atoms with E-state index in [1.807, 2.05) is 0 Å². The fraction of sp³-hybridized carbons (Fsp3) is 0. The molecular weight excluding hydrogens is 236 g/mol. The number of hydrogen-bond donors (Lipinski definition) is 2. The number of carbonyl (C=O) groups is 1. The monoisotopic (exact) mass is 246 g/mol. The Bertz CT molecular complexity index is 544. The van der Waals surface area contributed by atoms with Gasteiger partial charge in [-0.25, -0.2) is 9.97 Å². The van der Waals surface area contributed by atoms with E-state index in [1.165, 1.54) is 18.1 Å². The van der Waals surface area contributed by atoms with Gasteiger partial charge in [0, 0.05) is 16.8 Å². The number of aromatic nitrogens is 2. The first-order valence-corrected chi connectivity index (χ1v) is 5.62. The van der Waals surface area contributed by atoms with E-state index < -0.39 is 5.91 Å². The van der Waals surface area contributed by atoms with E-state index in [9.17, 15) is 4.79 Å². The van der Waals surface area contributed by atoms with Crippen LogP contribution >= 0.6 is 11.8 Å². The molecule has 1 aromatic heterocycles. The van der Waals surface area contributed by atoms with Gasteiger partial charge in [0.25, 0.3) is 0 Å². The number of nitrogens with zero attached hydrogens (tertiary/aromatic N) is 2. The van der Waals surface area contributed by atoms with E-state index in [0.717, 1.165) is 0 Å². The summed E-state index contributed by atoms with van der Waals surface area (Å²) in [7, 11) is 0. The van der Waals surface area contributed by atoms with Crippen LogP contribution in [0.1, 0.15) is 10.4 Å². The Morgan fingerprint density at radius 2 is 2.12 bits per heavy atom. The van der Waals surface area contributed by atoms with Crippen molar-refractivity contribution in [3.63, 3.8) is 0 Å². The van der Waals surface area contributed by atoms with Gasteiger partial charge in [0.15, 0.2) is 0 Å². The highest BCUT2D eigenvalue weighted by Gasteiger charge is 2.12. The van der Waals surface area contributed by atoms with Crippen LogP contribution < -0.4 is 11.5 Å². The first kappa shape index (κ1) is 11.4. The highest BCUT2D eigenvalue weighted by atomic mass is 32.2. The number of primary amides is 1. The van der Waals surface area contributed by atoms with Gasteiger partial charge >= 0.3 is 0 Å². The van der Waals surface area contributed by atoms with Crippen LogP contribution in [0.5, 0.6) is 0 Å². The van der Waals surface area contributed by atoms with Crippen molar-refractivity contribution in [1.82, 2.24) is 9.97 Å². The molecular formula is C11H10N4OS. The van der Waals surface area contributed by atoms with Gasteiger partial charge in [-0.05, 0) is 18.2 Å². The SMILES string of the molecule is NC(=O)c1cccc(N)c1Sc1ccncn1. The summed E-state index contributed by atoms with van der Waals surface area (Å²) in [5.41, 5.74) is 12.0. The lowest BCUT2D eigenvalue weighted by Crippen LogP contribution is -2.13. The minimum Gasteiger partial charge on any atom is -0.398 e. The van der Waals surface area contributed by atoms with Crippen LogP contribution in [0.4, 0.5) is 5.69 Å². The summed E-state index contributed by atoms with van der Waals surface area (Å²) in [6, 6.07) is 6.79. The lowest BCUT2D eigenvalue weighted by atomic mass is 10.2. The van der Waals surface area contributed by atoms with E-state index in [2.05, 4.69) is 9.97 Å². The Hall–Kier alpha value is -2.08. The molecule has 0 saturated heterocycles. The Morgan fingerprint density at radius 1 is 1.29 bits per heavy atom. The Kier molecular flexibility index (Phi) is 3.24. The second-order valence-electron chi connectivity index (χ2n) is 3.24. The molecule has 17 heavy (non-hydrogen) atoms. The minimum atomic E-state index is -0.506. The quantitative estimate of drug-likeness (QED) is 0.629. The lowest BCUT2D eigenvalue weighted by Gasteiger charge is -2.08. The van der Waals surface area contributed by atoms with Gasteiger partial charge in [0.05, 0.1) is 5.56 Å². The third-order valence-electron chi connectivity index (χ3n) is 2.07. The zero-order valence-corrected chi connectivity index (χ0v) is 9.65. The van der Waals surface area contributed by atoms with Crippen LogP contribution in [-0.2, 0) is 0 Å². The molecule has 0 saturated carbocycles. The second kappa shape index (κ2) is 4.84. The molecule has 1 aromatic carbocycles. The normalized spacial score (nSPS) is 10.1. The van der Waals surface area contributed by atoms with Crippen LogP contribution in [0, 0.1) is 0 Å². The van der Waals surface area contributed by atoms with Crippen molar-refractivity contribution in [3.05, 3.63) is 42.4 Å². The lowest BCUT2D eigenvalue weighted by molar-refractivity contribution is 0.0997. The smallest absolute Gasteiger partial charge is 0.249 e. The summed E-state index contributed by atoms with van der Waals surface area (Å²) < 4.78 is 0. The topological polar surface area (TPSA) is 94.9 Å². The van der Waals surface area contributed by atoms with Gasteiger partial charge in [-0.3, -0.25) is 4.79 Å². The maximum absolute atomic E-state index is 11.3. The van der Waals surface area contributed by atoms with Gasteiger partial charge in [-0.2, -0.15) is 0 Å². The van der Waals surface area contributed by atoms with Crippen LogP contribution in [0.15, 0.2) is 46.7 Å². The molecule has 0 radical (unpaired) electrons. The van der Waals surface area contributed by atoms with Gasteiger partial charge in [0.1, 0.15) is 11.4 Å². The molecule has 0 aliphatic rings. The molecule has 1 heterocycles. The molecule has 0 unspecified atom stereocenters. The van der Waals surface area contributed by atoms with Crippen LogP contribution in [-0.4, -0.2) is 15.9 Å². The minimum absolute atomic E-state index is 0.397. The van der Waals surface area contributed by atoms with Crippen molar-refractivity contribution < 1.29 is 4.79 Å². The standard InChI is InChI=1S/C11H10N4OS/c12-8-3-1-2-7(11(13)16)10(8)17-9-4-5-14-6-15-9/h1-6H,12H2,(H2,13,16). The number of nitrogens with two attached hydrogens (primary N) is 2. The van der Waals surface area contributed by atoms with Crippen molar-refractivity contribution in [2.24, 2.45) is 5.73 Å². The number of carbonyl (C=O) groups excluding carboxylic acids is 1. The fourth-order valence-electron chi connectivity index (χ4n) is 1.31. The molecule has 0 aliphatic heterocycles. The third-order valence-corrected chi connectivity index (χ3v) is 3.18. The number of benzene rings is 1. The molecule has 4 N–H and O–H groups in total. The van der Waals surface area contributed by atoms with Gasteiger partial charge in [-0.15, -0.1) is 0 Å². The van der Waals surface area contributed by atoms with Crippen molar-refractivity contribution in [2.75, 3.05) is 5.73 Å². The molecule has 2 rings (SSSR count). The average Bonchev–Trinajstić information content (AvgIpc) is 2.33. The Morgan fingerprint density at radius 3 is 2.76 bits per heavy atom. The summed E-state index contributed by atoms with van der Waals surface area (Å²) in [5.74, 6) is -0.506. The second-order valence-corrected chi connectivity index (χ2v) is 4.27. The molecule has 0 spiro atoms. The summed E-state index contributed by atoms with van der Waals surface area (Å²) in [6.45, 7) is 0. The number of nitrogen functional groups attached to an aromatic ring is 1. The third kappa shape index (κ3) is 2.54. The van der Waals surface area contributed by atoms with E-state index in [4.69, 9.17) is 11.5 Å². The van der Waals surface area contributed by atoms with E-state index >= 15 is 0 Å². The summed E-state index contributed by atoms with van der Waals surface area (Å²) in [4.78, 5) is 19.8. The van der Waals surface area contributed by atoms with Crippen molar-refractivity contribution in [2.45, 2.75) is 9.92 Å². The van der Waals surface area contributed by atoms with Crippen LogP contribution in [0.2, 0.25) is 0 Å². The van der Waals surface area contributed by atoms with Crippen molar-refractivity contribution in [1.29, 1.82) is 0 Å². The molecule has 5 nitrogen and oxygen atoms in total. The zero-order valence-electron chi connectivity index (χ0n) is 8.83. The molecule has 0 atom stereocenters. The molecule has 0 fully saturated rings. The number of amides is 1. The number of hydrogen-bond acceptors (Lipinski definition) is 5. The van der Waals surface area contributed by atoms with Crippen molar-refractivity contribution in [3.8, 4) is 0 Å². The molecule has 0 aliphatic carbocycles. The predicted molar refractivity (Wildman–Crippen MR) is 65.5 cm³/mol. The average molecular weight is 246 g/mol.